The summed E-state index contributed by atoms with van der Waals surface area (Å²) in [6, 6.07) is 11.1. The number of aryl methyl sites for hydroxylation is 1. The summed E-state index contributed by atoms with van der Waals surface area (Å²) in [5.74, 6) is 0.827. The van der Waals surface area contributed by atoms with Gasteiger partial charge in [0.2, 0.25) is 0 Å². The lowest BCUT2D eigenvalue weighted by atomic mass is 9.87. The minimum Gasteiger partial charge on any atom is -0.245 e. The standard InChI is InChI=1S/C20H24N2S/c1-13-14(2)18(11-21)19(22-15(13)3)23-12-16-7-9-17(10-8-16)20(4,5)6/h7-10H,12H2,1-6H3. The quantitative estimate of drug-likeness (QED) is 0.703. The van der Waals surface area contributed by atoms with Gasteiger partial charge >= 0.3 is 0 Å². The number of thioether (sulfide) groups is 1. The van der Waals surface area contributed by atoms with Crippen molar-refractivity contribution in [1.82, 2.24) is 4.98 Å². The molecule has 0 aliphatic rings. The maximum absolute atomic E-state index is 9.43. The Morgan fingerprint density at radius 1 is 1.04 bits per heavy atom. The third-order valence-electron chi connectivity index (χ3n) is 4.27. The molecule has 1 aromatic heterocycles. The first-order chi connectivity index (χ1) is 10.7. The van der Waals surface area contributed by atoms with Gasteiger partial charge in [0.15, 0.2) is 0 Å². The molecule has 0 aliphatic heterocycles. The predicted octanol–water partition coefficient (Wildman–Crippen LogP) is 5.47. The highest BCUT2D eigenvalue weighted by Gasteiger charge is 2.14. The summed E-state index contributed by atoms with van der Waals surface area (Å²) in [6.45, 7) is 12.7. The Balaban J connectivity index is 2.20. The predicted molar refractivity (Wildman–Crippen MR) is 97.9 cm³/mol. The van der Waals surface area contributed by atoms with E-state index in [4.69, 9.17) is 0 Å². The first kappa shape index (κ1) is 17.6. The van der Waals surface area contributed by atoms with Gasteiger partial charge in [0.1, 0.15) is 11.1 Å². The zero-order chi connectivity index (χ0) is 17.2. The molecule has 0 spiro atoms. The van der Waals surface area contributed by atoms with E-state index in [0.717, 1.165) is 27.6 Å². The van der Waals surface area contributed by atoms with Crippen molar-refractivity contribution in [2.75, 3.05) is 0 Å². The van der Waals surface area contributed by atoms with Gasteiger partial charge in [-0.2, -0.15) is 5.26 Å². The first-order valence-electron chi connectivity index (χ1n) is 7.84. The third kappa shape index (κ3) is 3.95. The van der Waals surface area contributed by atoms with Crippen molar-refractivity contribution < 1.29 is 0 Å². The number of aromatic nitrogens is 1. The van der Waals surface area contributed by atoms with Crippen LogP contribution in [0.2, 0.25) is 0 Å². The molecule has 2 nitrogen and oxygen atoms in total. The largest absolute Gasteiger partial charge is 0.245 e. The Morgan fingerprint density at radius 2 is 1.65 bits per heavy atom. The summed E-state index contributed by atoms with van der Waals surface area (Å²) >= 11 is 1.64. The number of nitrogens with zero attached hydrogens (tertiary/aromatic N) is 2. The molecule has 0 bridgehead atoms. The lowest BCUT2D eigenvalue weighted by molar-refractivity contribution is 0.590. The monoisotopic (exact) mass is 324 g/mol. The van der Waals surface area contributed by atoms with Crippen LogP contribution in [0.3, 0.4) is 0 Å². The zero-order valence-corrected chi connectivity index (χ0v) is 15.6. The molecule has 0 unspecified atom stereocenters. The number of hydrogen-bond donors (Lipinski definition) is 0. The van der Waals surface area contributed by atoms with Crippen LogP contribution in [-0.4, -0.2) is 4.98 Å². The second-order valence-electron chi connectivity index (χ2n) is 6.97. The SMILES string of the molecule is Cc1nc(SCc2ccc(C(C)(C)C)cc2)c(C#N)c(C)c1C. The molecule has 0 amide bonds. The van der Waals surface area contributed by atoms with Crippen molar-refractivity contribution in [3.8, 4) is 6.07 Å². The number of rotatable bonds is 3. The van der Waals surface area contributed by atoms with Gasteiger partial charge < -0.3 is 0 Å². The normalized spacial score (nSPS) is 11.3. The molecule has 0 N–H and O–H groups in total. The molecule has 3 heteroatoms. The first-order valence-corrected chi connectivity index (χ1v) is 8.82. The Labute approximate surface area is 144 Å². The van der Waals surface area contributed by atoms with Crippen LogP contribution < -0.4 is 0 Å². The molecule has 1 aromatic carbocycles. The molecular formula is C20H24N2S. The fourth-order valence-corrected chi connectivity index (χ4v) is 3.44. The average Bonchev–Trinajstić information content (AvgIpc) is 2.50. The lowest BCUT2D eigenvalue weighted by Gasteiger charge is -2.19. The van der Waals surface area contributed by atoms with Crippen LogP contribution in [0, 0.1) is 32.1 Å². The van der Waals surface area contributed by atoms with E-state index in [2.05, 4.69) is 56.1 Å². The van der Waals surface area contributed by atoms with Crippen LogP contribution >= 0.6 is 11.8 Å². The van der Waals surface area contributed by atoms with Crippen molar-refractivity contribution in [1.29, 1.82) is 5.26 Å². The lowest BCUT2D eigenvalue weighted by Crippen LogP contribution is -2.10. The zero-order valence-electron chi connectivity index (χ0n) is 14.8. The second-order valence-corrected chi connectivity index (χ2v) is 7.94. The summed E-state index contributed by atoms with van der Waals surface area (Å²) in [7, 11) is 0. The molecule has 0 atom stereocenters. The molecule has 120 valence electrons. The second kappa shape index (κ2) is 6.76. The van der Waals surface area contributed by atoms with E-state index in [1.807, 2.05) is 20.8 Å². The Bertz CT molecular complexity index is 747. The van der Waals surface area contributed by atoms with Gasteiger partial charge in [-0.3, -0.25) is 0 Å². The minimum absolute atomic E-state index is 0.173. The van der Waals surface area contributed by atoms with E-state index >= 15 is 0 Å². The van der Waals surface area contributed by atoms with Crippen LogP contribution in [-0.2, 0) is 11.2 Å². The van der Waals surface area contributed by atoms with Crippen molar-refractivity contribution in [3.63, 3.8) is 0 Å². The van der Waals surface area contributed by atoms with Crippen LogP contribution in [0.15, 0.2) is 29.3 Å². The van der Waals surface area contributed by atoms with E-state index in [0.29, 0.717) is 5.56 Å². The van der Waals surface area contributed by atoms with Gasteiger partial charge in [-0.1, -0.05) is 45.0 Å². The molecule has 23 heavy (non-hydrogen) atoms. The fourth-order valence-electron chi connectivity index (χ4n) is 2.40. The van der Waals surface area contributed by atoms with Crippen LogP contribution in [0.1, 0.15) is 54.3 Å². The van der Waals surface area contributed by atoms with Gasteiger partial charge in [0, 0.05) is 11.4 Å². The average molecular weight is 324 g/mol. The number of hydrogen-bond acceptors (Lipinski definition) is 3. The molecule has 2 rings (SSSR count). The molecule has 0 saturated heterocycles. The highest BCUT2D eigenvalue weighted by Crippen LogP contribution is 2.29. The van der Waals surface area contributed by atoms with Gasteiger partial charge in [0.05, 0.1) is 5.56 Å². The summed E-state index contributed by atoms with van der Waals surface area (Å²) in [4.78, 5) is 4.62. The van der Waals surface area contributed by atoms with Crippen molar-refractivity contribution in [2.24, 2.45) is 0 Å². The molecule has 1 heterocycles. The number of pyridine rings is 1. The topological polar surface area (TPSA) is 36.7 Å². The Hall–Kier alpha value is -1.79. The van der Waals surface area contributed by atoms with Gasteiger partial charge in [-0.25, -0.2) is 4.98 Å². The minimum atomic E-state index is 0.173. The number of benzene rings is 1. The maximum atomic E-state index is 9.43. The summed E-state index contributed by atoms with van der Waals surface area (Å²) in [5.41, 5.74) is 6.64. The third-order valence-corrected chi connectivity index (χ3v) is 5.32. The molecule has 0 fully saturated rings. The summed E-state index contributed by atoms with van der Waals surface area (Å²) in [6.07, 6.45) is 0. The summed E-state index contributed by atoms with van der Waals surface area (Å²) < 4.78 is 0. The molecule has 0 aliphatic carbocycles. The van der Waals surface area contributed by atoms with E-state index in [9.17, 15) is 5.26 Å². The van der Waals surface area contributed by atoms with Crippen LogP contribution in [0.4, 0.5) is 0 Å². The van der Waals surface area contributed by atoms with E-state index in [-0.39, 0.29) is 5.41 Å². The van der Waals surface area contributed by atoms with E-state index < -0.39 is 0 Å². The van der Waals surface area contributed by atoms with Crippen LogP contribution in [0.25, 0.3) is 0 Å². The van der Waals surface area contributed by atoms with Crippen LogP contribution in [0.5, 0.6) is 0 Å². The smallest absolute Gasteiger partial charge is 0.115 e. The van der Waals surface area contributed by atoms with Crippen molar-refractivity contribution in [3.05, 3.63) is 57.8 Å². The Morgan fingerprint density at radius 3 is 2.17 bits per heavy atom. The van der Waals surface area contributed by atoms with E-state index in [1.165, 1.54) is 11.1 Å². The van der Waals surface area contributed by atoms with E-state index in [1.54, 1.807) is 11.8 Å². The molecule has 0 radical (unpaired) electrons. The molecular weight excluding hydrogens is 300 g/mol. The van der Waals surface area contributed by atoms with Crippen molar-refractivity contribution >= 4 is 11.8 Å². The fraction of sp³-hybridized carbons (Fsp3) is 0.400. The highest BCUT2D eigenvalue weighted by molar-refractivity contribution is 7.98. The molecule has 0 saturated carbocycles. The van der Waals surface area contributed by atoms with Gasteiger partial charge in [0.25, 0.3) is 0 Å². The number of nitriles is 1. The Kier molecular flexibility index (Phi) is 5.16. The maximum Gasteiger partial charge on any atom is 0.115 e. The van der Waals surface area contributed by atoms with Gasteiger partial charge in [-0.05, 0) is 48.4 Å². The van der Waals surface area contributed by atoms with Crippen molar-refractivity contribution in [2.45, 2.75) is 57.7 Å². The molecule has 2 aromatic rings. The van der Waals surface area contributed by atoms with Gasteiger partial charge in [-0.15, -0.1) is 11.8 Å². The highest BCUT2D eigenvalue weighted by atomic mass is 32.2. The summed E-state index contributed by atoms with van der Waals surface area (Å²) in [5, 5.41) is 10.3.